The van der Waals surface area contributed by atoms with Crippen molar-refractivity contribution >= 4 is 29.5 Å². The molecule has 1 aromatic heterocycles. The Morgan fingerprint density at radius 3 is 2.38 bits per heavy atom. The third-order valence-electron chi connectivity index (χ3n) is 5.04. The number of aromatic nitrogens is 3. The molecule has 10 heteroatoms. The number of hydrogen-bond acceptors (Lipinski definition) is 7. The monoisotopic (exact) mass is 481 g/mol. The highest BCUT2D eigenvalue weighted by Gasteiger charge is 2.27. The van der Waals surface area contributed by atoms with Crippen LogP contribution in [0, 0.1) is 0 Å². The van der Waals surface area contributed by atoms with Gasteiger partial charge in [0.15, 0.2) is 5.69 Å². The second kappa shape index (κ2) is 12.0. The number of nitrogens with zero attached hydrogens (tertiary/aromatic N) is 3. The number of rotatable bonds is 10. The Balaban J connectivity index is 1.85. The van der Waals surface area contributed by atoms with Gasteiger partial charge in [-0.25, -0.2) is 9.48 Å². The number of esters is 1. The second-order valence-electron chi connectivity index (χ2n) is 7.37. The fourth-order valence-electron chi connectivity index (χ4n) is 3.38. The zero-order valence-electron chi connectivity index (χ0n) is 19.3. The molecule has 178 valence electrons. The van der Waals surface area contributed by atoms with Crippen molar-refractivity contribution in [1.29, 1.82) is 0 Å². The van der Waals surface area contributed by atoms with Crippen LogP contribution in [-0.4, -0.2) is 58.7 Å². The summed E-state index contributed by atoms with van der Waals surface area (Å²) in [5.41, 5.74) is 2.79. The van der Waals surface area contributed by atoms with Gasteiger partial charge in [-0.3, -0.25) is 9.59 Å². The maximum atomic E-state index is 13.1. The zero-order valence-corrected chi connectivity index (χ0v) is 20.1. The minimum absolute atomic E-state index is 0.129. The van der Waals surface area contributed by atoms with Gasteiger partial charge in [-0.2, -0.15) is 11.8 Å². The Hall–Kier alpha value is -3.66. The van der Waals surface area contributed by atoms with Crippen molar-refractivity contribution in [2.45, 2.75) is 25.1 Å². The van der Waals surface area contributed by atoms with Gasteiger partial charge in [-0.05, 0) is 43.0 Å². The van der Waals surface area contributed by atoms with E-state index in [2.05, 4.69) is 20.9 Å². The van der Waals surface area contributed by atoms with Crippen LogP contribution in [0.2, 0.25) is 0 Å². The number of thioether (sulfide) groups is 1. The van der Waals surface area contributed by atoms with Crippen molar-refractivity contribution in [2.24, 2.45) is 0 Å². The van der Waals surface area contributed by atoms with E-state index < -0.39 is 17.9 Å². The molecule has 2 aromatic carbocycles. The van der Waals surface area contributed by atoms with Crippen LogP contribution in [0.15, 0.2) is 54.6 Å². The molecule has 9 nitrogen and oxygen atoms in total. The summed E-state index contributed by atoms with van der Waals surface area (Å²) in [6.45, 7) is 2.39. The number of ether oxygens (including phenoxy) is 1. The minimum atomic E-state index is -0.872. The molecule has 0 aliphatic rings. The van der Waals surface area contributed by atoms with E-state index in [1.165, 1.54) is 18.9 Å². The Morgan fingerprint density at radius 2 is 1.76 bits per heavy atom. The summed E-state index contributed by atoms with van der Waals surface area (Å²) < 4.78 is 6.46. The van der Waals surface area contributed by atoms with Gasteiger partial charge >= 0.3 is 5.97 Å². The largest absolute Gasteiger partial charge is 0.467 e. The van der Waals surface area contributed by atoms with Crippen molar-refractivity contribution in [2.75, 3.05) is 19.9 Å². The molecule has 0 radical (unpaired) electrons. The highest BCUT2D eigenvalue weighted by Crippen LogP contribution is 2.19. The molecule has 3 aromatic rings. The Kier molecular flexibility index (Phi) is 8.80. The van der Waals surface area contributed by atoms with Crippen LogP contribution >= 0.6 is 11.8 Å². The van der Waals surface area contributed by atoms with Gasteiger partial charge in [0, 0.05) is 24.3 Å². The summed E-state index contributed by atoms with van der Waals surface area (Å²) in [5.74, 6) is -0.753. The maximum Gasteiger partial charge on any atom is 0.328 e. The van der Waals surface area contributed by atoms with Crippen LogP contribution in [0.4, 0.5) is 0 Å². The Labute approximate surface area is 202 Å². The van der Waals surface area contributed by atoms with E-state index in [-0.39, 0.29) is 18.0 Å². The lowest BCUT2D eigenvalue weighted by Gasteiger charge is -2.16. The van der Waals surface area contributed by atoms with Gasteiger partial charge in [0.25, 0.3) is 11.8 Å². The van der Waals surface area contributed by atoms with Crippen molar-refractivity contribution < 1.29 is 19.1 Å². The van der Waals surface area contributed by atoms with Gasteiger partial charge < -0.3 is 15.4 Å². The van der Waals surface area contributed by atoms with Crippen LogP contribution < -0.4 is 10.6 Å². The summed E-state index contributed by atoms with van der Waals surface area (Å²) in [5, 5.41) is 13.8. The van der Waals surface area contributed by atoms with E-state index in [9.17, 15) is 14.4 Å². The number of nitrogens with one attached hydrogen (secondary N) is 2. The van der Waals surface area contributed by atoms with E-state index in [1.54, 1.807) is 28.9 Å². The van der Waals surface area contributed by atoms with E-state index in [0.29, 0.717) is 29.2 Å². The number of benzene rings is 2. The van der Waals surface area contributed by atoms with Gasteiger partial charge in [0.2, 0.25) is 0 Å². The summed E-state index contributed by atoms with van der Waals surface area (Å²) in [7, 11) is 1.28. The molecule has 0 fully saturated rings. The number of carbonyl (C=O) groups is 3. The molecule has 34 heavy (non-hydrogen) atoms. The van der Waals surface area contributed by atoms with E-state index >= 15 is 0 Å². The maximum absolute atomic E-state index is 13.1. The molecule has 3 rings (SSSR count). The van der Waals surface area contributed by atoms with Crippen molar-refractivity contribution in [3.8, 4) is 5.69 Å². The van der Waals surface area contributed by atoms with Crippen LogP contribution in [-0.2, 0) is 21.7 Å². The summed E-state index contributed by atoms with van der Waals surface area (Å²) in [6.07, 6.45) is 2.19. The third kappa shape index (κ3) is 6.02. The molecule has 1 atom stereocenters. The molecule has 0 bridgehead atoms. The first kappa shape index (κ1) is 25.0. The van der Waals surface area contributed by atoms with Crippen LogP contribution in [0.25, 0.3) is 5.69 Å². The van der Waals surface area contributed by atoms with Gasteiger partial charge in [-0.1, -0.05) is 35.5 Å². The average Bonchev–Trinajstić information content (AvgIpc) is 3.28. The molecule has 0 aliphatic carbocycles. The normalized spacial score (nSPS) is 11.5. The fourth-order valence-corrected chi connectivity index (χ4v) is 3.91. The standard InChI is InChI=1S/C24H27N5O4S/c1-4-25-22(30)17-10-12-18(13-11-17)29-20(15-34-3)21(27-28-29)23(31)26-19(24(32)33-2)14-16-8-6-5-7-9-16/h5-13,19H,4,14-15H2,1-3H3,(H,25,30)(H,26,31)/t19-/m0/s1. The van der Waals surface area contributed by atoms with E-state index in [4.69, 9.17) is 4.74 Å². The molecular formula is C24H27N5O4S. The third-order valence-corrected chi connectivity index (χ3v) is 5.61. The molecule has 0 saturated heterocycles. The highest BCUT2D eigenvalue weighted by atomic mass is 32.2. The highest BCUT2D eigenvalue weighted by molar-refractivity contribution is 7.97. The first-order valence-corrected chi connectivity index (χ1v) is 12.1. The average molecular weight is 482 g/mol. The topological polar surface area (TPSA) is 115 Å². The van der Waals surface area contributed by atoms with Gasteiger partial charge in [0.1, 0.15) is 6.04 Å². The quantitative estimate of drug-likeness (QED) is 0.427. The lowest BCUT2D eigenvalue weighted by atomic mass is 10.1. The molecule has 1 heterocycles. The fraction of sp³-hybridized carbons (Fsp3) is 0.292. The summed E-state index contributed by atoms with van der Waals surface area (Å²) >= 11 is 1.51. The number of amides is 2. The molecule has 2 amide bonds. The van der Waals surface area contributed by atoms with Crippen LogP contribution in [0.1, 0.15) is 39.0 Å². The smallest absolute Gasteiger partial charge is 0.328 e. The summed E-state index contributed by atoms with van der Waals surface area (Å²) in [4.78, 5) is 37.5. The number of hydrogen-bond donors (Lipinski definition) is 2. The predicted octanol–water partition coefficient (Wildman–Crippen LogP) is 2.39. The van der Waals surface area contributed by atoms with Crippen molar-refractivity contribution in [3.63, 3.8) is 0 Å². The van der Waals surface area contributed by atoms with Crippen molar-refractivity contribution in [3.05, 3.63) is 77.1 Å². The molecule has 0 unspecified atom stereocenters. The Bertz CT molecular complexity index is 1130. The molecular weight excluding hydrogens is 454 g/mol. The van der Waals surface area contributed by atoms with E-state index in [1.807, 2.05) is 43.5 Å². The predicted molar refractivity (Wildman–Crippen MR) is 130 cm³/mol. The summed E-state index contributed by atoms with van der Waals surface area (Å²) in [6, 6.07) is 15.4. The first-order valence-electron chi connectivity index (χ1n) is 10.7. The minimum Gasteiger partial charge on any atom is -0.467 e. The molecule has 0 aliphatic heterocycles. The lowest BCUT2D eigenvalue weighted by Crippen LogP contribution is -2.43. The van der Waals surface area contributed by atoms with E-state index in [0.717, 1.165) is 5.56 Å². The molecule has 0 spiro atoms. The Morgan fingerprint density at radius 1 is 1.06 bits per heavy atom. The lowest BCUT2D eigenvalue weighted by molar-refractivity contribution is -0.142. The van der Waals surface area contributed by atoms with Crippen LogP contribution in [0.3, 0.4) is 0 Å². The van der Waals surface area contributed by atoms with Crippen LogP contribution in [0.5, 0.6) is 0 Å². The van der Waals surface area contributed by atoms with Gasteiger partial charge in [-0.15, -0.1) is 5.10 Å². The zero-order chi connectivity index (χ0) is 24.5. The second-order valence-corrected chi connectivity index (χ2v) is 8.24. The molecule has 0 saturated carbocycles. The molecule has 2 N–H and O–H groups in total. The first-order chi connectivity index (χ1) is 16.5. The van der Waals surface area contributed by atoms with Crippen molar-refractivity contribution in [1.82, 2.24) is 25.6 Å². The number of carbonyl (C=O) groups excluding carboxylic acids is 3. The SMILES string of the molecule is CCNC(=O)c1ccc(-n2nnc(C(=O)N[C@@H](Cc3ccccc3)C(=O)OC)c2CSC)cc1. The number of methoxy groups -OCH3 is 1. The van der Waals surface area contributed by atoms with Gasteiger partial charge in [0.05, 0.1) is 18.5 Å².